The minimum Gasteiger partial charge on any atom is -0.481 e. The predicted octanol–water partition coefficient (Wildman–Crippen LogP) is 1.95. The number of nitrogens with one attached hydrogen (secondary N) is 1. The molecule has 0 heterocycles. The molecule has 2 N–H and O–H groups in total. The fourth-order valence-corrected chi connectivity index (χ4v) is 1.32. The van der Waals surface area contributed by atoms with E-state index in [1.54, 1.807) is 12.2 Å². The molecule has 0 aromatic carbocycles. The number of aliphatic carboxylic acids is 1. The minimum atomic E-state index is -4.85. The summed E-state index contributed by atoms with van der Waals surface area (Å²) in [6.07, 6.45) is -3.14. The van der Waals surface area contributed by atoms with E-state index in [4.69, 9.17) is 5.11 Å². The molecule has 0 saturated carbocycles. The second kappa shape index (κ2) is 7.13. The summed E-state index contributed by atoms with van der Waals surface area (Å²) in [5.41, 5.74) is 0. The molecule has 0 bridgehead atoms. The lowest BCUT2D eigenvalue weighted by atomic mass is 9.99. The highest BCUT2D eigenvalue weighted by Gasteiger charge is 2.38. The maximum Gasteiger partial charge on any atom is 0.471 e. The zero-order valence-corrected chi connectivity index (χ0v) is 9.51. The number of carboxylic acid groups (broad SMARTS) is 1. The van der Waals surface area contributed by atoms with Gasteiger partial charge in [-0.15, -0.1) is 0 Å². The molecule has 100 valence electrons. The molecule has 0 fully saturated rings. The molecular formula is C10H16F3NO3. The Balaban J connectivity index is 3.66. The number of amides is 1. The third kappa shape index (κ3) is 6.80. The predicted molar refractivity (Wildman–Crippen MR) is 54.3 cm³/mol. The molecule has 0 aromatic heterocycles. The van der Waals surface area contributed by atoms with Crippen LogP contribution in [-0.4, -0.2) is 29.7 Å². The lowest BCUT2D eigenvalue weighted by molar-refractivity contribution is -0.173. The summed E-state index contributed by atoms with van der Waals surface area (Å²) in [5, 5.41) is 10.4. The Hall–Kier alpha value is -1.27. The van der Waals surface area contributed by atoms with Crippen molar-refractivity contribution in [2.45, 2.75) is 38.8 Å². The van der Waals surface area contributed by atoms with Crippen molar-refractivity contribution >= 4 is 11.9 Å². The number of halogens is 3. The van der Waals surface area contributed by atoms with Gasteiger partial charge < -0.3 is 10.4 Å². The van der Waals surface area contributed by atoms with Gasteiger partial charge in [0.05, 0.1) is 5.92 Å². The summed E-state index contributed by atoms with van der Waals surface area (Å²) in [6.45, 7) is 1.65. The van der Waals surface area contributed by atoms with Gasteiger partial charge in [0, 0.05) is 6.54 Å². The molecule has 0 aliphatic rings. The highest BCUT2D eigenvalue weighted by molar-refractivity contribution is 5.81. The Kier molecular flexibility index (Phi) is 6.60. The molecule has 17 heavy (non-hydrogen) atoms. The van der Waals surface area contributed by atoms with Crippen molar-refractivity contribution in [1.82, 2.24) is 5.32 Å². The molecule has 0 radical (unpaired) electrons. The monoisotopic (exact) mass is 255 g/mol. The Labute approximate surface area is 97.2 Å². The van der Waals surface area contributed by atoms with Crippen LogP contribution in [0, 0.1) is 5.92 Å². The van der Waals surface area contributed by atoms with Crippen LogP contribution in [0.25, 0.3) is 0 Å². The molecule has 0 aliphatic carbocycles. The summed E-state index contributed by atoms with van der Waals surface area (Å²) in [5.74, 6) is -3.32. The van der Waals surface area contributed by atoms with E-state index in [1.807, 2.05) is 0 Å². The molecule has 7 heteroatoms. The fraction of sp³-hybridized carbons (Fsp3) is 0.800. The zero-order chi connectivity index (χ0) is 13.5. The molecular weight excluding hydrogens is 239 g/mol. The van der Waals surface area contributed by atoms with E-state index in [0.717, 1.165) is 0 Å². The SMILES string of the molecule is CCC(CCCCNC(=O)C(F)(F)F)C(=O)O. The first-order chi connectivity index (χ1) is 7.79. The number of carbonyl (C=O) groups is 2. The summed E-state index contributed by atoms with van der Waals surface area (Å²) < 4.78 is 35.3. The van der Waals surface area contributed by atoms with Crippen LogP contribution in [0.2, 0.25) is 0 Å². The summed E-state index contributed by atoms with van der Waals surface area (Å²) in [4.78, 5) is 21.0. The van der Waals surface area contributed by atoms with E-state index in [2.05, 4.69) is 0 Å². The number of carbonyl (C=O) groups excluding carboxylic acids is 1. The number of alkyl halides is 3. The normalized spacial score (nSPS) is 13.2. The van der Waals surface area contributed by atoms with E-state index in [-0.39, 0.29) is 6.54 Å². The van der Waals surface area contributed by atoms with Gasteiger partial charge in [0.25, 0.3) is 0 Å². The van der Waals surface area contributed by atoms with Gasteiger partial charge in [0.1, 0.15) is 0 Å². The molecule has 0 saturated heterocycles. The van der Waals surface area contributed by atoms with Crippen LogP contribution in [0.4, 0.5) is 13.2 Å². The van der Waals surface area contributed by atoms with Crippen molar-refractivity contribution < 1.29 is 27.9 Å². The average molecular weight is 255 g/mol. The van der Waals surface area contributed by atoms with Gasteiger partial charge in [-0.05, 0) is 19.3 Å². The van der Waals surface area contributed by atoms with Gasteiger partial charge in [-0.25, -0.2) is 0 Å². The lowest BCUT2D eigenvalue weighted by Crippen LogP contribution is -2.37. The molecule has 1 atom stereocenters. The smallest absolute Gasteiger partial charge is 0.471 e. The first-order valence-corrected chi connectivity index (χ1v) is 5.36. The lowest BCUT2D eigenvalue weighted by Gasteiger charge is -2.10. The van der Waals surface area contributed by atoms with Crippen molar-refractivity contribution in [3.8, 4) is 0 Å². The van der Waals surface area contributed by atoms with Crippen LogP contribution >= 0.6 is 0 Å². The van der Waals surface area contributed by atoms with E-state index in [9.17, 15) is 22.8 Å². The number of carboxylic acids is 1. The van der Waals surface area contributed by atoms with Crippen molar-refractivity contribution in [1.29, 1.82) is 0 Å². The maximum atomic E-state index is 11.8. The topological polar surface area (TPSA) is 66.4 Å². The van der Waals surface area contributed by atoms with Gasteiger partial charge in [-0.2, -0.15) is 13.2 Å². The second-order valence-electron chi connectivity index (χ2n) is 3.69. The van der Waals surface area contributed by atoms with Gasteiger partial charge in [-0.1, -0.05) is 13.3 Å². The van der Waals surface area contributed by atoms with E-state index in [1.165, 1.54) is 0 Å². The van der Waals surface area contributed by atoms with Crippen molar-refractivity contribution in [3.63, 3.8) is 0 Å². The van der Waals surface area contributed by atoms with Crippen molar-refractivity contribution in [2.24, 2.45) is 5.92 Å². The fourth-order valence-electron chi connectivity index (χ4n) is 1.32. The van der Waals surface area contributed by atoms with Crippen LogP contribution in [0.5, 0.6) is 0 Å². The zero-order valence-electron chi connectivity index (χ0n) is 9.51. The third-order valence-corrected chi connectivity index (χ3v) is 2.36. The van der Waals surface area contributed by atoms with Crippen LogP contribution in [0.1, 0.15) is 32.6 Å². The largest absolute Gasteiger partial charge is 0.481 e. The standard InChI is InChI=1S/C10H16F3NO3/c1-2-7(8(15)16)5-3-4-6-14-9(17)10(11,12)13/h7H,2-6H2,1H3,(H,14,17)(H,15,16). The van der Waals surface area contributed by atoms with Gasteiger partial charge in [0.2, 0.25) is 0 Å². The van der Waals surface area contributed by atoms with Crippen molar-refractivity contribution in [2.75, 3.05) is 6.54 Å². The van der Waals surface area contributed by atoms with E-state index >= 15 is 0 Å². The Morgan fingerprint density at radius 1 is 1.29 bits per heavy atom. The molecule has 1 unspecified atom stereocenters. The van der Waals surface area contributed by atoms with Gasteiger partial charge >= 0.3 is 18.1 Å². The number of hydrogen-bond acceptors (Lipinski definition) is 2. The first kappa shape index (κ1) is 15.7. The van der Waals surface area contributed by atoms with Gasteiger partial charge in [-0.3, -0.25) is 9.59 Å². The molecule has 0 aliphatic heterocycles. The van der Waals surface area contributed by atoms with Crippen LogP contribution in [-0.2, 0) is 9.59 Å². The van der Waals surface area contributed by atoms with Crippen LogP contribution in [0.15, 0.2) is 0 Å². The summed E-state index contributed by atoms with van der Waals surface area (Å²) in [6, 6.07) is 0. The quantitative estimate of drug-likeness (QED) is 0.683. The highest BCUT2D eigenvalue weighted by Crippen LogP contribution is 2.15. The van der Waals surface area contributed by atoms with Gasteiger partial charge in [0.15, 0.2) is 0 Å². The average Bonchev–Trinajstić information content (AvgIpc) is 2.20. The van der Waals surface area contributed by atoms with E-state index in [0.29, 0.717) is 25.7 Å². The Morgan fingerprint density at radius 3 is 2.29 bits per heavy atom. The molecule has 4 nitrogen and oxygen atoms in total. The number of unbranched alkanes of at least 4 members (excludes halogenated alkanes) is 1. The Morgan fingerprint density at radius 2 is 1.88 bits per heavy atom. The van der Waals surface area contributed by atoms with E-state index < -0.39 is 24.0 Å². The maximum absolute atomic E-state index is 11.8. The first-order valence-electron chi connectivity index (χ1n) is 5.36. The third-order valence-electron chi connectivity index (χ3n) is 2.36. The molecule has 0 spiro atoms. The van der Waals surface area contributed by atoms with Crippen LogP contribution in [0.3, 0.4) is 0 Å². The second-order valence-corrected chi connectivity index (χ2v) is 3.69. The molecule has 1 amide bonds. The van der Waals surface area contributed by atoms with Crippen LogP contribution < -0.4 is 5.32 Å². The molecule has 0 aromatic rings. The highest BCUT2D eigenvalue weighted by atomic mass is 19.4. The minimum absolute atomic E-state index is 0.0889. The molecule has 0 rings (SSSR count). The summed E-state index contributed by atoms with van der Waals surface area (Å²) >= 11 is 0. The number of hydrogen-bond donors (Lipinski definition) is 2. The Bertz CT molecular complexity index is 266. The number of rotatable bonds is 7. The van der Waals surface area contributed by atoms with Crippen molar-refractivity contribution in [3.05, 3.63) is 0 Å². The summed E-state index contributed by atoms with van der Waals surface area (Å²) in [7, 11) is 0.